The Morgan fingerprint density at radius 3 is 2.73 bits per heavy atom. The Morgan fingerprint density at radius 2 is 2.07 bits per heavy atom. The van der Waals surface area contributed by atoms with Gasteiger partial charge in [-0.2, -0.15) is 5.26 Å². The van der Waals surface area contributed by atoms with Crippen LogP contribution in [0.1, 0.15) is 5.56 Å². The van der Waals surface area contributed by atoms with Crippen LogP contribution in [0.3, 0.4) is 0 Å². The van der Waals surface area contributed by atoms with E-state index in [1.807, 2.05) is 44.6 Å². The third-order valence-corrected chi connectivity index (χ3v) is 2.34. The van der Waals surface area contributed by atoms with E-state index in [0.29, 0.717) is 0 Å². The van der Waals surface area contributed by atoms with Crippen LogP contribution in [0.2, 0.25) is 0 Å². The van der Waals surface area contributed by atoms with Gasteiger partial charge in [0.25, 0.3) is 0 Å². The van der Waals surface area contributed by atoms with Crippen molar-refractivity contribution < 1.29 is 0 Å². The lowest BCUT2D eigenvalue weighted by Gasteiger charge is -2.11. The van der Waals surface area contributed by atoms with Gasteiger partial charge in [-0.15, -0.1) is 0 Å². The van der Waals surface area contributed by atoms with Crippen LogP contribution < -0.4 is 0 Å². The number of benzene rings is 1. The van der Waals surface area contributed by atoms with E-state index in [2.05, 4.69) is 15.5 Å². The molecule has 0 saturated heterocycles. The lowest BCUT2D eigenvalue weighted by atomic mass is 10.2. The minimum absolute atomic E-state index is 0.743. The van der Waals surface area contributed by atoms with Crippen molar-refractivity contribution in [2.24, 2.45) is 0 Å². The summed E-state index contributed by atoms with van der Waals surface area (Å²) in [5.74, 6) is 0. The van der Waals surface area contributed by atoms with Gasteiger partial charge < -0.3 is 4.57 Å². The standard InChI is InChI=1S/C12H13N3/c1-14(2)9-15-8-10(7-13)11-5-3-4-6-12(11)15/h3-6,8H,9H2,1-2H3. The van der Waals surface area contributed by atoms with E-state index in [4.69, 9.17) is 5.26 Å². The van der Waals surface area contributed by atoms with E-state index in [1.54, 1.807) is 0 Å². The van der Waals surface area contributed by atoms with Crippen molar-refractivity contribution in [1.29, 1.82) is 5.26 Å². The predicted octanol–water partition coefficient (Wildman–Crippen LogP) is 2.03. The van der Waals surface area contributed by atoms with Crippen molar-refractivity contribution in [2.45, 2.75) is 6.67 Å². The number of fused-ring (bicyclic) bond motifs is 1. The normalized spacial score (nSPS) is 10.8. The second-order valence-electron chi connectivity index (χ2n) is 3.86. The minimum Gasteiger partial charge on any atom is -0.333 e. The molecular formula is C12H13N3. The maximum absolute atomic E-state index is 9.01. The van der Waals surface area contributed by atoms with Crippen LogP contribution in [-0.2, 0) is 6.67 Å². The van der Waals surface area contributed by atoms with Crippen molar-refractivity contribution in [1.82, 2.24) is 9.47 Å². The first kappa shape index (κ1) is 9.75. The third kappa shape index (κ3) is 1.72. The zero-order chi connectivity index (χ0) is 10.8. The molecule has 3 nitrogen and oxygen atoms in total. The monoisotopic (exact) mass is 199 g/mol. The molecule has 15 heavy (non-hydrogen) atoms. The fraction of sp³-hybridized carbons (Fsp3) is 0.250. The first-order valence-electron chi connectivity index (χ1n) is 4.85. The van der Waals surface area contributed by atoms with Gasteiger partial charge in [-0.3, -0.25) is 4.90 Å². The van der Waals surface area contributed by atoms with Gasteiger partial charge in [0, 0.05) is 11.6 Å². The molecule has 1 heterocycles. The Balaban J connectivity index is 2.61. The molecule has 0 N–H and O–H groups in total. The van der Waals surface area contributed by atoms with Gasteiger partial charge in [0.05, 0.1) is 17.7 Å². The van der Waals surface area contributed by atoms with Crippen molar-refractivity contribution in [2.75, 3.05) is 14.1 Å². The first-order valence-corrected chi connectivity index (χ1v) is 4.85. The Labute approximate surface area is 89.1 Å². The van der Waals surface area contributed by atoms with Crippen LogP contribution in [0.15, 0.2) is 30.5 Å². The van der Waals surface area contributed by atoms with Gasteiger partial charge in [-0.05, 0) is 20.2 Å². The topological polar surface area (TPSA) is 32.0 Å². The first-order chi connectivity index (χ1) is 7.22. The summed E-state index contributed by atoms with van der Waals surface area (Å²) >= 11 is 0. The number of nitrogens with zero attached hydrogens (tertiary/aromatic N) is 3. The number of aromatic nitrogens is 1. The van der Waals surface area contributed by atoms with Gasteiger partial charge >= 0.3 is 0 Å². The van der Waals surface area contributed by atoms with E-state index in [9.17, 15) is 0 Å². The summed E-state index contributed by atoms with van der Waals surface area (Å²) in [5, 5.41) is 10.0. The molecule has 0 radical (unpaired) electrons. The van der Waals surface area contributed by atoms with Crippen LogP contribution in [0.5, 0.6) is 0 Å². The minimum atomic E-state index is 0.743. The van der Waals surface area contributed by atoms with Crippen LogP contribution in [-0.4, -0.2) is 23.6 Å². The molecule has 0 aliphatic heterocycles. The fourth-order valence-corrected chi connectivity index (χ4v) is 1.76. The second kappa shape index (κ2) is 3.76. The molecule has 0 amide bonds. The number of para-hydroxylation sites is 1. The van der Waals surface area contributed by atoms with E-state index >= 15 is 0 Å². The molecule has 0 aliphatic rings. The van der Waals surface area contributed by atoms with Crippen molar-refractivity contribution in [3.63, 3.8) is 0 Å². The van der Waals surface area contributed by atoms with Crippen LogP contribution in [0, 0.1) is 11.3 Å². The number of nitriles is 1. The molecule has 0 saturated carbocycles. The summed E-state index contributed by atoms with van der Waals surface area (Å²) in [6, 6.07) is 10.2. The summed E-state index contributed by atoms with van der Waals surface area (Å²) in [6.45, 7) is 0.794. The molecule has 0 aliphatic carbocycles. The Bertz CT molecular complexity index is 517. The maximum atomic E-state index is 9.01. The van der Waals surface area contributed by atoms with E-state index in [1.165, 1.54) is 0 Å². The van der Waals surface area contributed by atoms with Gasteiger partial charge in [0.2, 0.25) is 0 Å². The Morgan fingerprint density at radius 1 is 1.33 bits per heavy atom. The van der Waals surface area contributed by atoms with Crippen LogP contribution in [0.4, 0.5) is 0 Å². The highest BCUT2D eigenvalue weighted by Crippen LogP contribution is 2.20. The van der Waals surface area contributed by atoms with E-state index in [0.717, 1.165) is 23.1 Å². The Kier molecular flexibility index (Phi) is 2.44. The lowest BCUT2D eigenvalue weighted by Crippen LogP contribution is -2.15. The van der Waals surface area contributed by atoms with E-state index < -0.39 is 0 Å². The van der Waals surface area contributed by atoms with Crippen molar-refractivity contribution >= 4 is 10.9 Å². The second-order valence-corrected chi connectivity index (χ2v) is 3.86. The van der Waals surface area contributed by atoms with Gasteiger partial charge in [0.15, 0.2) is 0 Å². The molecule has 76 valence electrons. The highest BCUT2D eigenvalue weighted by atomic mass is 15.2. The smallest absolute Gasteiger partial charge is 0.101 e. The number of hydrogen-bond acceptors (Lipinski definition) is 2. The average Bonchev–Trinajstić information content (AvgIpc) is 2.56. The molecule has 2 aromatic rings. The Hall–Kier alpha value is -1.79. The molecule has 0 bridgehead atoms. The third-order valence-electron chi connectivity index (χ3n) is 2.34. The average molecular weight is 199 g/mol. The highest BCUT2D eigenvalue weighted by molar-refractivity contribution is 5.86. The zero-order valence-electron chi connectivity index (χ0n) is 8.94. The summed E-state index contributed by atoms with van der Waals surface area (Å²) in [7, 11) is 4.03. The molecule has 0 unspecified atom stereocenters. The van der Waals surface area contributed by atoms with Crippen LogP contribution in [0.25, 0.3) is 10.9 Å². The molecule has 0 spiro atoms. The summed E-state index contributed by atoms with van der Waals surface area (Å²) in [5.41, 5.74) is 1.86. The summed E-state index contributed by atoms with van der Waals surface area (Å²) in [4.78, 5) is 2.08. The molecule has 0 atom stereocenters. The van der Waals surface area contributed by atoms with Gasteiger partial charge in [0.1, 0.15) is 6.07 Å². The molecule has 3 heteroatoms. The molecule has 1 aromatic carbocycles. The lowest BCUT2D eigenvalue weighted by molar-refractivity contribution is 0.332. The van der Waals surface area contributed by atoms with Gasteiger partial charge in [-0.1, -0.05) is 18.2 Å². The number of rotatable bonds is 2. The number of hydrogen-bond donors (Lipinski definition) is 0. The zero-order valence-corrected chi connectivity index (χ0v) is 8.94. The summed E-state index contributed by atoms with van der Waals surface area (Å²) < 4.78 is 2.09. The summed E-state index contributed by atoms with van der Waals surface area (Å²) in [6.07, 6.45) is 1.91. The fourth-order valence-electron chi connectivity index (χ4n) is 1.76. The highest BCUT2D eigenvalue weighted by Gasteiger charge is 2.06. The quantitative estimate of drug-likeness (QED) is 0.741. The molecule has 0 fully saturated rings. The van der Waals surface area contributed by atoms with Gasteiger partial charge in [-0.25, -0.2) is 0 Å². The molecular weight excluding hydrogens is 186 g/mol. The SMILES string of the molecule is CN(C)Cn1cc(C#N)c2ccccc21. The van der Waals surface area contributed by atoms with Crippen molar-refractivity contribution in [3.8, 4) is 6.07 Å². The van der Waals surface area contributed by atoms with Crippen LogP contribution >= 0.6 is 0 Å². The maximum Gasteiger partial charge on any atom is 0.101 e. The largest absolute Gasteiger partial charge is 0.333 e. The van der Waals surface area contributed by atoms with Crippen molar-refractivity contribution in [3.05, 3.63) is 36.0 Å². The predicted molar refractivity (Wildman–Crippen MR) is 60.3 cm³/mol. The molecule has 2 rings (SSSR count). The van der Waals surface area contributed by atoms with E-state index in [-0.39, 0.29) is 0 Å². The molecule has 1 aromatic heterocycles.